The molecule has 3 aromatic rings. The summed E-state index contributed by atoms with van der Waals surface area (Å²) in [5, 5.41) is 11.3. The van der Waals surface area contributed by atoms with Crippen LogP contribution < -0.4 is 9.47 Å². The molecule has 10 heteroatoms. The summed E-state index contributed by atoms with van der Waals surface area (Å²) in [7, 11) is 2.80. The lowest BCUT2D eigenvalue weighted by molar-refractivity contribution is -0.140. The number of methoxy groups -OCH3 is 2. The quantitative estimate of drug-likeness (QED) is 0.282. The second-order valence-electron chi connectivity index (χ2n) is 8.14. The highest BCUT2D eigenvalue weighted by atomic mass is 19.4. The number of Topliss-reactive ketones (excluding diaryl/α,β-unsaturated/α-hetero) is 1. The van der Waals surface area contributed by atoms with Crippen LogP contribution in [0.1, 0.15) is 34.3 Å². The molecule has 1 saturated heterocycles. The van der Waals surface area contributed by atoms with Crippen LogP contribution in [-0.2, 0) is 22.3 Å². The number of ether oxygens (including phenoxy) is 2. The number of nitrogens with zero attached hydrogens (tertiary/aromatic N) is 1. The number of rotatable bonds is 6. The molecule has 1 aliphatic heterocycles. The maximum Gasteiger partial charge on any atom is 0.416 e. The first-order valence-corrected chi connectivity index (χ1v) is 10.8. The van der Waals surface area contributed by atoms with Crippen molar-refractivity contribution in [3.05, 3.63) is 88.4 Å². The third kappa shape index (κ3) is 4.53. The molecule has 36 heavy (non-hydrogen) atoms. The van der Waals surface area contributed by atoms with Gasteiger partial charge in [-0.15, -0.1) is 0 Å². The Hall–Kier alpha value is -4.21. The normalized spacial score (nSPS) is 17.5. The molecule has 0 bridgehead atoms. The molecule has 2 heterocycles. The van der Waals surface area contributed by atoms with Gasteiger partial charge in [-0.3, -0.25) is 9.59 Å². The fourth-order valence-corrected chi connectivity index (χ4v) is 4.13. The van der Waals surface area contributed by atoms with E-state index in [2.05, 4.69) is 0 Å². The first-order valence-electron chi connectivity index (χ1n) is 10.8. The number of carbonyl (C=O) groups is 2. The van der Waals surface area contributed by atoms with Crippen molar-refractivity contribution in [1.82, 2.24) is 4.90 Å². The second-order valence-corrected chi connectivity index (χ2v) is 8.14. The number of aryl methyl sites for hydroxylation is 1. The molecule has 1 aliphatic rings. The molecular weight excluding hydrogens is 479 g/mol. The minimum atomic E-state index is -4.58. The smallest absolute Gasteiger partial charge is 0.416 e. The van der Waals surface area contributed by atoms with Gasteiger partial charge in [-0.1, -0.05) is 12.1 Å². The number of amides is 1. The minimum absolute atomic E-state index is 0.0993. The van der Waals surface area contributed by atoms with Crippen LogP contribution in [0.3, 0.4) is 0 Å². The SMILES string of the molecule is COc1ccc(OC)c(/C(O)=C2/C(=O)C(=O)N(Cc3cccc(C(F)(F)F)c3)C2c2ccc(C)o2)c1. The molecule has 1 unspecified atom stereocenters. The monoisotopic (exact) mass is 501 g/mol. The first-order chi connectivity index (χ1) is 17.0. The summed E-state index contributed by atoms with van der Waals surface area (Å²) >= 11 is 0. The number of hydrogen-bond acceptors (Lipinski definition) is 6. The number of halogens is 3. The van der Waals surface area contributed by atoms with E-state index in [4.69, 9.17) is 13.9 Å². The van der Waals surface area contributed by atoms with Crippen LogP contribution >= 0.6 is 0 Å². The van der Waals surface area contributed by atoms with Crippen LogP contribution in [0.2, 0.25) is 0 Å². The maximum atomic E-state index is 13.2. The standard InChI is InChI=1S/C26H22F3NO6/c1-14-7-9-20(36-14)22-21(23(31)18-12-17(34-2)8-10-19(18)35-3)24(32)25(33)30(22)13-15-5-4-6-16(11-15)26(27,28)29/h4-12,22,31H,13H2,1-3H3/b23-21-. The van der Waals surface area contributed by atoms with Crippen molar-refractivity contribution in [2.24, 2.45) is 0 Å². The molecule has 4 rings (SSSR count). The Balaban J connectivity index is 1.87. The number of hydrogen-bond donors (Lipinski definition) is 1. The fraction of sp³-hybridized carbons (Fsp3) is 0.231. The largest absolute Gasteiger partial charge is 0.507 e. The van der Waals surface area contributed by atoms with Crippen LogP contribution in [0, 0.1) is 6.92 Å². The number of likely N-dealkylation sites (tertiary alicyclic amines) is 1. The van der Waals surface area contributed by atoms with Gasteiger partial charge in [0.15, 0.2) is 0 Å². The van der Waals surface area contributed by atoms with Gasteiger partial charge in [0.05, 0.1) is 30.9 Å². The molecule has 7 nitrogen and oxygen atoms in total. The predicted octanol–water partition coefficient (Wildman–Crippen LogP) is 5.25. The van der Waals surface area contributed by atoms with E-state index in [1.165, 1.54) is 38.5 Å². The van der Waals surface area contributed by atoms with Crippen LogP contribution in [-0.4, -0.2) is 35.9 Å². The Morgan fingerprint density at radius 1 is 1.06 bits per heavy atom. The molecule has 1 amide bonds. The first kappa shape index (κ1) is 24.9. The lowest BCUT2D eigenvalue weighted by atomic mass is 9.98. The molecule has 0 radical (unpaired) electrons. The number of ketones is 1. The maximum absolute atomic E-state index is 13.2. The molecule has 0 saturated carbocycles. The van der Waals surface area contributed by atoms with E-state index in [1.54, 1.807) is 25.1 Å². The highest BCUT2D eigenvalue weighted by Gasteiger charge is 2.48. The van der Waals surface area contributed by atoms with Crippen molar-refractivity contribution >= 4 is 17.4 Å². The van der Waals surface area contributed by atoms with Crippen molar-refractivity contribution < 1.29 is 41.8 Å². The average Bonchev–Trinajstić information content (AvgIpc) is 3.39. The van der Waals surface area contributed by atoms with E-state index < -0.39 is 35.2 Å². The number of benzene rings is 2. The van der Waals surface area contributed by atoms with Gasteiger partial charge in [0, 0.05) is 6.54 Å². The molecule has 0 spiro atoms. The number of furan rings is 1. The molecule has 188 valence electrons. The van der Waals surface area contributed by atoms with Gasteiger partial charge in [-0.05, 0) is 55.0 Å². The Bertz CT molecular complexity index is 1360. The average molecular weight is 501 g/mol. The third-order valence-electron chi connectivity index (χ3n) is 5.84. The summed E-state index contributed by atoms with van der Waals surface area (Å²) in [5.74, 6) is -1.31. The molecule has 1 atom stereocenters. The van der Waals surface area contributed by atoms with Gasteiger partial charge in [-0.25, -0.2) is 0 Å². The minimum Gasteiger partial charge on any atom is -0.507 e. The van der Waals surface area contributed by atoms with Crippen LogP contribution in [0.5, 0.6) is 11.5 Å². The number of carbonyl (C=O) groups excluding carboxylic acids is 2. The molecule has 0 aliphatic carbocycles. The summed E-state index contributed by atoms with van der Waals surface area (Å²) in [4.78, 5) is 27.4. The summed E-state index contributed by atoms with van der Waals surface area (Å²) in [5.41, 5.74) is -0.919. The second kappa shape index (κ2) is 9.44. The van der Waals surface area contributed by atoms with Crippen molar-refractivity contribution in [3.8, 4) is 11.5 Å². The molecule has 2 aromatic carbocycles. The highest BCUT2D eigenvalue weighted by Crippen LogP contribution is 2.43. The predicted molar refractivity (Wildman–Crippen MR) is 122 cm³/mol. The van der Waals surface area contributed by atoms with Gasteiger partial charge in [0.1, 0.15) is 34.8 Å². The molecular formula is C26H22F3NO6. The van der Waals surface area contributed by atoms with Crippen LogP contribution in [0.4, 0.5) is 13.2 Å². The van der Waals surface area contributed by atoms with Gasteiger partial charge in [0.2, 0.25) is 0 Å². The Kier molecular flexibility index (Phi) is 6.53. The fourth-order valence-electron chi connectivity index (χ4n) is 4.13. The number of aliphatic hydroxyl groups excluding tert-OH is 1. The molecule has 1 fully saturated rings. The Morgan fingerprint density at radius 2 is 1.81 bits per heavy atom. The highest BCUT2D eigenvalue weighted by molar-refractivity contribution is 6.46. The van der Waals surface area contributed by atoms with Gasteiger partial charge >= 0.3 is 6.18 Å². The van der Waals surface area contributed by atoms with Crippen molar-refractivity contribution in [1.29, 1.82) is 0 Å². The van der Waals surface area contributed by atoms with E-state index in [9.17, 15) is 27.9 Å². The van der Waals surface area contributed by atoms with E-state index >= 15 is 0 Å². The Morgan fingerprint density at radius 3 is 2.42 bits per heavy atom. The lowest BCUT2D eigenvalue weighted by Crippen LogP contribution is -2.29. The van der Waals surface area contributed by atoms with Gasteiger partial charge < -0.3 is 23.9 Å². The number of aliphatic hydroxyl groups is 1. The summed E-state index contributed by atoms with van der Waals surface area (Å²) < 4.78 is 55.9. The van der Waals surface area contributed by atoms with Crippen molar-refractivity contribution in [3.63, 3.8) is 0 Å². The molecule has 1 aromatic heterocycles. The van der Waals surface area contributed by atoms with Crippen molar-refractivity contribution in [2.75, 3.05) is 14.2 Å². The Labute approximate surface area is 204 Å². The molecule has 1 N–H and O–H groups in total. The van der Waals surface area contributed by atoms with Gasteiger partial charge in [0.25, 0.3) is 11.7 Å². The number of alkyl halides is 3. The van der Waals surface area contributed by atoms with Gasteiger partial charge in [-0.2, -0.15) is 13.2 Å². The van der Waals surface area contributed by atoms with Crippen LogP contribution in [0.15, 0.2) is 64.6 Å². The van der Waals surface area contributed by atoms with E-state index in [0.717, 1.165) is 17.0 Å². The van der Waals surface area contributed by atoms with E-state index in [-0.39, 0.29) is 34.8 Å². The zero-order valence-corrected chi connectivity index (χ0v) is 19.6. The summed E-state index contributed by atoms with van der Waals surface area (Å²) in [6.45, 7) is 1.33. The zero-order valence-electron chi connectivity index (χ0n) is 19.6. The van der Waals surface area contributed by atoms with Crippen molar-refractivity contribution in [2.45, 2.75) is 25.7 Å². The third-order valence-corrected chi connectivity index (χ3v) is 5.84. The van der Waals surface area contributed by atoms with E-state index in [0.29, 0.717) is 11.5 Å². The lowest BCUT2D eigenvalue weighted by Gasteiger charge is -2.24. The topological polar surface area (TPSA) is 89.2 Å². The van der Waals surface area contributed by atoms with Crippen LogP contribution in [0.25, 0.3) is 5.76 Å². The summed E-state index contributed by atoms with van der Waals surface area (Å²) in [6, 6.07) is 11.0. The summed E-state index contributed by atoms with van der Waals surface area (Å²) in [6.07, 6.45) is -4.58. The van der Waals surface area contributed by atoms with E-state index in [1.807, 2.05) is 0 Å². The zero-order chi connectivity index (χ0) is 26.2.